The monoisotopic (exact) mass is 498 g/mol. The number of hydrogen-bond acceptors (Lipinski definition) is 6. The van der Waals surface area contributed by atoms with E-state index < -0.39 is 29.4 Å². The van der Waals surface area contributed by atoms with Gasteiger partial charge in [0.05, 0.1) is 26.3 Å². The number of hydrogen-bond donors (Lipinski definition) is 0. The Hall–Kier alpha value is -4.08. The van der Waals surface area contributed by atoms with Crippen LogP contribution in [0.3, 0.4) is 0 Å². The maximum Gasteiger partial charge on any atom is 0.329 e. The van der Waals surface area contributed by atoms with Crippen LogP contribution in [0.1, 0.15) is 27.4 Å². The number of para-hydroxylation sites is 1. The molecule has 7 heteroatoms. The minimum atomic E-state index is -1.68. The zero-order valence-corrected chi connectivity index (χ0v) is 20.5. The first kappa shape index (κ1) is 23.7. The predicted molar refractivity (Wildman–Crippen MR) is 137 cm³/mol. The van der Waals surface area contributed by atoms with Crippen LogP contribution in [-0.2, 0) is 9.53 Å². The lowest BCUT2D eigenvalue weighted by molar-refractivity contribution is -0.150. The van der Waals surface area contributed by atoms with Gasteiger partial charge in [0.25, 0.3) is 0 Å². The van der Waals surface area contributed by atoms with Crippen LogP contribution in [0.4, 0.5) is 5.69 Å². The molecule has 0 saturated carbocycles. The molecule has 0 aromatic heterocycles. The third-order valence-corrected chi connectivity index (χ3v) is 7.38. The van der Waals surface area contributed by atoms with Crippen LogP contribution in [0.5, 0.6) is 5.75 Å². The molecule has 0 unspecified atom stereocenters. The quantitative estimate of drug-likeness (QED) is 0.351. The van der Waals surface area contributed by atoms with Crippen LogP contribution in [0, 0.1) is 16.7 Å². The number of carbonyl (C=O) groups excluding carboxylic acids is 2. The van der Waals surface area contributed by atoms with E-state index in [1.165, 1.54) is 7.11 Å². The van der Waals surface area contributed by atoms with Gasteiger partial charge in [-0.15, -0.1) is 0 Å². The number of ether oxygens (including phenoxy) is 2. The van der Waals surface area contributed by atoms with E-state index in [1.54, 1.807) is 55.6 Å². The van der Waals surface area contributed by atoms with Gasteiger partial charge in [-0.3, -0.25) is 9.59 Å². The Morgan fingerprint density at radius 3 is 2.33 bits per heavy atom. The van der Waals surface area contributed by atoms with Crippen LogP contribution < -0.4 is 9.64 Å². The van der Waals surface area contributed by atoms with E-state index in [0.717, 1.165) is 11.3 Å². The van der Waals surface area contributed by atoms with Crippen LogP contribution in [-0.4, -0.2) is 38.1 Å². The van der Waals surface area contributed by atoms with Crippen LogP contribution in [0.25, 0.3) is 6.08 Å². The Labute approximate surface area is 214 Å². The number of nitrogens with zero attached hydrogens (tertiary/aromatic N) is 2. The number of benzene rings is 3. The van der Waals surface area contributed by atoms with Gasteiger partial charge in [-0.05, 0) is 53.6 Å². The molecule has 36 heavy (non-hydrogen) atoms. The van der Waals surface area contributed by atoms with E-state index in [-0.39, 0.29) is 5.78 Å². The van der Waals surface area contributed by atoms with E-state index in [9.17, 15) is 14.9 Å². The number of Topliss-reactive ketones (excluding diaryl/α,β-unsaturated/α-hetero) is 1. The van der Waals surface area contributed by atoms with Crippen molar-refractivity contribution in [2.75, 3.05) is 19.1 Å². The molecule has 2 aliphatic heterocycles. The summed E-state index contributed by atoms with van der Waals surface area (Å²) in [4.78, 5) is 29.7. The summed E-state index contributed by atoms with van der Waals surface area (Å²) in [5.41, 5.74) is 1.09. The first-order valence-corrected chi connectivity index (χ1v) is 11.8. The van der Waals surface area contributed by atoms with Gasteiger partial charge >= 0.3 is 5.97 Å². The first-order chi connectivity index (χ1) is 17.5. The third kappa shape index (κ3) is 3.47. The Morgan fingerprint density at radius 1 is 1.00 bits per heavy atom. The third-order valence-electron chi connectivity index (χ3n) is 7.13. The number of halogens is 1. The largest absolute Gasteiger partial charge is 0.497 e. The van der Waals surface area contributed by atoms with Crippen molar-refractivity contribution in [1.82, 2.24) is 0 Å². The standard InChI is InChI=1S/C29H23ClN2O4/c1-35-22-14-9-19(10-15-22)25-26(27(33)20-7-12-21(30)13-8-20)32-23-6-4-3-5-18(23)11-16-24(32)29(25,17-31)28(34)36-2/h3-16,24-26H,1-2H3/t24-,25-,26+,29-/m1/s1. The molecule has 2 aliphatic rings. The molecule has 180 valence electrons. The van der Waals surface area contributed by atoms with Crippen molar-refractivity contribution in [1.29, 1.82) is 5.26 Å². The maximum atomic E-state index is 14.2. The molecule has 5 rings (SSSR count). The van der Waals surface area contributed by atoms with E-state index in [0.29, 0.717) is 21.9 Å². The SMILES string of the molecule is COC(=O)[C@@]1(C#N)[C@H](c2ccc(OC)cc2)[C@@H](C(=O)c2ccc(Cl)cc2)N2c3ccccc3C=C[C@@H]21. The van der Waals surface area contributed by atoms with E-state index in [2.05, 4.69) is 6.07 Å². The lowest BCUT2D eigenvalue weighted by Gasteiger charge is -2.36. The molecule has 0 bridgehead atoms. The average molecular weight is 499 g/mol. The normalized spacial score (nSPS) is 23.8. The van der Waals surface area contributed by atoms with Gasteiger partial charge in [0.1, 0.15) is 11.8 Å². The Kier molecular flexibility index (Phi) is 6.03. The number of carbonyl (C=O) groups is 2. The van der Waals surface area contributed by atoms with Crippen molar-refractivity contribution < 1.29 is 19.1 Å². The molecular weight excluding hydrogens is 476 g/mol. The summed E-state index contributed by atoms with van der Waals surface area (Å²) in [7, 11) is 2.83. The van der Waals surface area contributed by atoms with Crippen molar-refractivity contribution in [2.24, 2.45) is 5.41 Å². The number of ketones is 1. The Morgan fingerprint density at radius 2 is 1.69 bits per heavy atom. The summed E-state index contributed by atoms with van der Waals surface area (Å²) in [5.74, 6) is -1.11. The van der Waals surface area contributed by atoms with Crippen molar-refractivity contribution >= 4 is 35.1 Å². The van der Waals surface area contributed by atoms with Crippen LogP contribution >= 0.6 is 11.6 Å². The van der Waals surface area contributed by atoms with E-state index in [4.69, 9.17) is 21.1 Å². The van der Waals surface area contributed by atoms with Crippen molar-refractivity contribution in [3.8, 4) is 11.8 Å². The predicted octanol–water partition coefficient (Wildman–Crippen LogP) is 5.28. The highest BCUT2D eigenvalue weighted by molar-refractivity contribution is 6.30. The summed E-state index contributed by atoms with van der Waals surface area (Å²) >= 11 is 6.09. The van der Waals surface area contributed by atoms with Crippen molar-refractivity contribution in [3.63, 3.8) is 0 Å². The highest BCUT2D eigenvalue weighted by Gasteiger charge is 2.67. The summed E-state index contributed by atoms with van der Waals surface area (Å²) in [6.07, 6.45) is 3.72. The molecule has 0 aliphatic carbocycles. The Bertz CT molecular complexity index is 1390. The molecule has 6 nitrogen and oxygen atoms in total. The second-order valence-electron chi connectivity index (χ2n) is 8.81. The molecule has 1 saturated heterocycles. The number of anilines is 1. The second kappa shape index (κ2) is 9.18. The van der Waals surface area contributed by atoms with Crippen LogP contribution in [0.2, 0.25) is 5.02 Å². The molecule has 0 amide bonds. The molecule has 3 aromatic rings. The smallest absolute Gasteiger partial charge is 0.329 e. The van der Waals surface area contributed by atoms with Gasteiger partial charge in [-0.2, -0.15) is 5.26 Å². The number of rotatable bonds is 5. The minimum Gasteiger partial charge on any atom is -0.497 e. The van der Waals surface area contributed by atoms with E-state index in [1.807, 2.05) is 41.3 Å². The number of nitriles is 1. The lowest BCUT2D eigenvalue weighted by Crippen LogP contribution is -2.46. The Balaban J connectivity index is 1.79. The summed E-state index contributed by atoms with van der Waals surface area (Å²) in [6, 6.07) is 22.1. The van der Waals surface area contributed by atoms with Gasteiger partial charge in [0.2, 0.25) is 0 Å². The zero-order chi connectivity index (χ0) is 25.4. The van der Waals surface area contributed by atoms with Gasteiger partial charge in [-0.25, -0.2) is 0 Å². The zero-order valence-electron chi connectivity index (χ0n) is 19.7. The molecular formula is C29H23ClN2O4. The molecule has 0 N–H and O–H groups in total. The van der Waals surface area contributed by atoms with Crippen molar-refractivity contribution in [2.45, 2.75) is 18.0 Å². The van der Waals surface area contributed by atoms with Gasteiger partial charge in [0.15, 0.2) is 11.2 Å². The van der Waals surface area contributed by atoms with Gasteiger partial charge in [-0.1, -0.05) is 54.1 Å². The molecule has 4 atom stereocenters. The fourth-order valence-corrected chi connectivity index (χ4v) is 5.63. The fourth-order valence-electron chi connectivity index (χ4n) is 5.51. The van der Waals surface area contributed by atoms with Crippen molar-refractivity contribution in [3.05, 3.63) is 101 Å². The molecule has 3 aromatic carbocycles. The molecule has 1 fully saturated rings. The van der Waals surface area contributed by atoms with Gasteiger partial charge < -0.3 is 14.4 Å². The highest BCUT2D eigenvalue weighted by Crippen LogP contribution is 2.56. The number of fused-ring (bicyclic) bond motifs is 3. The highest BCUT2D eigenvalue weighted by atomic mass is 35.5. The maximum absolute atomic E-state index is 14.2. The average Bonchev–Trinajstić information content (AvgIpc) is 3.24. The lowest BCUT2D eigenvalue weighted by atomic mass is 9.68. The summed E-state index contributed by atoms with van der Waals surface area (Å²) in [5, 5.41) is 11.2. The molecule has 2 heterocycles. The van der Waals surface area contributed by atoms with Crippen LogP contribution in [0.15, 0.2) is 78.9 Å². The first-order valence-electron chi connectivity index (χ1n) is 11.4. The minimum absolute atomic E-state index is 0.219. The summed E-state index contributed by atoms with van der Waals surface area (Å²) in [6.45, 7) is 0. The molecule has 0 spiro atoms. The fraction of sp³-hybridized carbons (Fsp3) is 0.207. The second-order valence-corrected chi connectivity index (χ2v) is 9.25. The summed E-state index contributed by atoms with van der Waals surface area (Å²) < 4.78 is 10.6. The topological polar surface area (TPSA) is 79.6 Å². The number of methoxy groups -OCH3 is 2. The molecule has 0 radical (unpaired) electrons. The number of esters is 1. The van der Waals surface area contributed by atoms with E-state index >= 15 is 0 Å². The van der Waals surface area contributed by atoms with Gasteiger partial charge in [0, 0.05) is 22.2 Å².